The number of rotatable bonds is 6. The molecular formula is C19H22ClFN4O4S2. The van der Waals surface area contributed by atoms with Crippen LogP contribution in [0.5, 0.6) is 0 Å². The molecule has 0 saturated carbocycles. The van der Waals surface area contributed by atoms with Gasteiger partial charge in [-0.2, -0.15) is 0 Å². The molecule has 3 saturated heterocycles. The lowest BCUT2D eigenvalue weighted by Gasteiger charge is -2.32. The van der Waals surface area contributed by atoms with E-state index in [-0.39, 0.29) is 15.7 Å². The SMILES string of the molecule is O=S(=O)(Nc1nccs1)c1cc(Cl)c(NC[C@]23CCCN2CC2(C3)OCCO2)cc1F. The molecule has 1 atom stereocenters. The fourth-order valence-electron chi connectivity index (χ4n) is 4.82. The summed E-state index contributed by atoms with van der Waals surface area (Å²) in [5.74, 6) is -1.45. The summed E-state index contributed by atoms with van der Waals surface area (Å²) >= 11 is 7.44. The van der Waals surface area contributed by atoms with Gasteiger partial charge in [0.05, 0.1) is 30.5 Å². The predicted molar refractivity (Wildman–Crippen MR) is 116 cm³/mol. The molecule has 168 valence electrons. The summed E-state index contributed by atoms with van der Waals surface area (Å²) in [6, 6.07) is 2.25. The monoisotopic (exact) mass is 488 g/mol. The Labute approximate surface area is 188 Å². The van der Waals surface area contributed by atoms with Crippen molar-refractivity contribution in [2.24, 2.45) is 0 Å². The Balaban J connectivity index is 1.34. The van der Waals surface area contributed by atoms with Crippen molar-refractivity contribution in [1.82, 2.24) is 9.88 Å². The summed E-state index contributed by atoms with van der Waals surface area (Å²) in [6.07, 6.45) is 4.23. The van der Waals surface area contributed by atoms with Crippen LogP contribution in [0.25, 0.3) is 0 Å². The Kier molecular flexibility index (Phi) is 5.39. The molecule has 4 heterocycles. The molecular weight excluding hydrogens is 467 g/mol. The van der Waals surface area contributed by atoms with Gasteiger partial charge < -0.3 is 14.8 Å². The highest BCUT2D eigenvalue weighted by molar-refractivity contribution is 7.93. The molecule has 1 spiro atoms. The van der Waals surface area contributed by atoms with E-state index in [1.165, 1.54) is 6.20 Å². The molecule has 1 aromatic heterocycles. The zero-order valence-corrected chi connectivity index (χ0v) is 19.0. The molecule has 0 aliphatic carbocycles. The molecule has 31 heavy (non-hydrogen) atoms. The molecule has 12 heteroatoms. The van der Waals surface area contributed by atoms with Gasteiger partial charge in [0.15, 0.2) is 10.9 Å². The van der Waals surface area contributed by atoms with Crippen molar-refractivity contribution < 1.29 is 22.3 Å². The van der Waals surface area contributed by atoms with Gasteiger partial charge in [-0.05, 0) is 31.5 Å². The maximum atomic E-state index is 14.8. The van der Waals surface area contributed by atoms with E-state index in [9.17, 15) is 12.8 Å². The first kappa shape index (κ1) is 21.4. The standard InChI is InChI=1S/C19H22ClFN4O4S2/c20-13-8-16(31(26,27)24-17-22-3-7-30-17)14(21)9-15(13)23-11-18-2-1-4-25(18)12-19(10-18)28-5-6-29-19/h3,7-9,23H,1-2,4-6,10-12H2,(H,22,24)/t18-/m1/s1. The van der Waals surface area contributed by atoms with E-state index < -0.39 is 26.5 Å². The number of thiazole rings is 1. The highest BCUT2D eigenvalue weighted by Crippen LogP contribution is 2.47. The number of fused-ring (bicyclic) bond motifs is 1. The highest BCUT2D eigenvalue weighted by atomic mass is 35.5. The van der Waals surface area contributed by atoms with Gasteiger partial charge in [0.2, 0.25) is 0 Å². The average Bonchev–Trinajstić information content (AvgIpc) is 3.48. The molecule has 0 unspecified atom stereocenters. The lowest BCUT2D eigenvalue weighted by Crippen LogP contribution is -2.44. The second kappa shape index (κ2) is 7.82. The van der Waals surface area contributed by atoms with Gasteiger partial charge in [-0.15, -0.1) is 11.3 Å². The van der Waals surface area contributed by atoms with E-state index >= 15 is 0 Å². The van der Waals surface area contributed by atoms with Crippen molar-refractivity contribution in [3.05, 3.63) is 34.5 Å². The highest BCUT2D eigenvalue weighted by Gasteiger charge is 2.58. The van der Waals surface area contributed by atoms with Crippen LogP contribution >= 0.6 is 22.9 Å². The Hall–Kier alpha value is -1.50. The van der Waals surface area contributed by atoms with Gasteiger partial charge >= 0.3 is 0 Å². The normalized spacial score (nSPS) is 25.2. The summed E-state index contributed by atoms with van der Waals surface area (Å²) in [4.78, 5) is 5.71. The summed E-state index contributed by atoms with van der Waals surface area (Å²) < 4.78 is 53.9. The van der Waals surface area contributed by atoms with Crippen LogP contribution in [0.2, 0.25) is 5.02 Å². The number of hydrogen-bond donors (Lipinski definition) is 2. The van der Waals surface area contributed by atoms with E-state index in [0.717, 1.165) is 55.8 Å². The van der Waals surface area contributed by atoms with Crippen molar-refractivity contribution in [1.29, 1.82) is 0 Å². The Morgan fingerprint density at radius 1 is 1.32 bits per heavy atom. The fraction of sp³-hybridized carbons (Fsp3) is 0.526. The van der Waals surface area contributed by atoms with Gasteiger partial charge in [-0.25, -0.2) is 17.8 Å². The van der Waals surface area contributed by atoms with Crippen LogP contribution in [-0.4, -0.2) is 62.5 Å². The zero-order chi connectivity index (χ0) is 21.7. The number of halogens is 2. The summed E-state index contributed by atoms with van der Waals surface area (Å²) in [5.41, 5.74) is 0.184. The van der Waals surface area contributed by atoms with Crippen LogP contribution in [0.1, 0.15) is 19.3 Å². The first-order chi connectivity index (χ1) is 14.8. The molecule has 3 fully saturated rings. The lowest BCUT2D eigenvalue weighted by molar-refractivity contribution is -0.147. The van der Waals surface area contributed by atoms with Crippen LogP contribution in [0.15, 0.2) is 28.6 Å². The predicted octanol–water partition coefficient (Wildman–Crippen LogP) is 3.13. The molecule has 0 amide bonds. The smallest absolute Gasteiger partial charge is 0.266 e. The molecule has 8 nitrogen and oxygen atoms in total. The maximum Gasteiger partial charge on any atom is 0.266 e. The minimum atomic E-state index is -4.15. The molecule has 5 rings (SSSR count). The second-order valence-electron chi connectivity index (χ2n) is 8.09. The molecule has 2 aromatic rings. The molecule has 2 N–H and O–H groups in total. The number of benzene rings is 1. The minimum absolute atomic E-state index is 0.128. The summed E-state index contributed by atoms with van der Waals surface area (Å²) in [7, 11) is -4.15. The van der Waals surface area contributed by atoms with Crippen LogP contribution in [-0.2, 0) is 19.5 Å². The third-order valence-electron chi connectivity index (χ3n) is 6.16. The van der Waals surface area contributed by atoms with Gasteiger partial charge in [0, 0.05) is 30.1 Å². The van der Waals surface area contributed by atoms with E-state index in [0.29, 0.717) is 25.4 Å². The van der Waals surface area contributed by atoms with Gasteiger partial charge in [0.25, 0.3) is 10.0 Å². The third kappa shape index (κ3) is 3.91. The van der Waals surface area contributed by atoms with Crippen LogP contribution < -0.4 is 10.0 Å². The van der Waals surface area contributed by atoms with Crippen molar-refractivity contribution in [2.45, 2.75) is 35.5 Å². The lowest BCUT2D eigenvalue weighted by atomic mass is 9.92. The van der Waals surface area contributed by atoms with Crippen molar-refractivity contribution in [3.8, 4) is 0 Å². The number of nitrogens with one attached hydrogen (secondary N) is 2. The van der Waals surface area contributed by atoms with E-state index in [1.807, 2.05) is 0 Å². The van der Waals surface area contributed by atoms with E-state index in [2.05, 4.69) is 19.9 Å². The Bertz CT molecular complexity index is 1080. The largest absolute Gasteiger partial charge is 0.382 e. The van der Waals surface area contributed by atoms with Crippen LogP contribution in [0.3, 0.4) is 0 Å². The molecule has 3 aliphatic heterocycles. The third-order valence-corrected chi connectivity index (χ3v) is 8.64. The molecule has 3 aliphatic rings. The van der Waals surface area contributed by atoms with E-state index in [4.69, 9.17) is 21.1 Å². The molecule has 0 bridgehead atoms. The number of hydrogen-bond acceptors (Lipinski definition) is 8. The first-order valence-corrected chi connectivity index (χ1v) is 12.7. The number of anilines is 2. The van der Waals surface area contributed by atoms with Gasteiger partial charge in [-0.3, -0.25) is 9.62 Å². The van der Waals surface area contributed by atoms with Crippen molar-refractivity contribution in [3.63, 3.8) is 0 Å². The Morgan fingerprint density at radius 2 is 2.13 bits per heavy atom. The summed E-state index contributed by atoms with van der Waals surface area (Å²) in [5, 5.41) is 5.14. The van der Waals surface area contributed by atoms with Crippen molar-refractivity contribution in [2.75, 3.05) is 42.9 Å². The number of ether oxygens (including phenoxy) is 2. The zero-order valence-electron chi connectivity index (χ0n) is 16.6. The average molecular weight is 489 g/mol. The number of sulfonamides is 1. The van der Waals surface area contributed by atoms with Crippen LogP contribution in [0.4, 0.5) is 15.2 Å². The maximum absolute atomic E-state index is 14.8. The van der Waals surface area contributed by atoms with Crippen LogP contribution in [0, 0.1) is 5.82 Å². The topological polar surface area (TPSA) is 92.8 Å². The van der Waals surface area contributed by atoms with Gasteiger partial charge in [-0.1, -0.05) is 11.6 Å². The van der Waals surface area contributed by atoms with Gasteiger partial charge in [0.1, 0.15) is 10.7 Å². The number of nitrogens with zero attached hydrogens (tertiary/aromatic N) is 2. The number of aromatic nitrogens is 1. The van der Waals surface area contributed by atoms with E-state index in [1.54, 1.807) is 5.38 Å². The Morgan fingerprint density at radius 3 is 2.87 bits per heavy atom. The first-order valence-electron chi connectivity index (χ1n) is 9.99. The molecule has 1 aromatic carbocycles. The minimum Gasteiger partial charge on any atom is -0.382 e. The fourth-order valence-corrected chi connectivity index (χ4v) is 6.99. The molecule has 0 radical (unpaired) electrons. The summed E-state index contributed by atoms with van der Waals surface area (Å²) in [6.45, 7) is 3.40. The second-order valence-corrected chi connectivity index (χ2v) is 11.0. The van der Waals surface area contributed by atoms with Crippen molar-refractivity contribution >= 4 is 43.8 Å². The quantitative estimate of drug-likeness (QED) is 0.645.